The first-order valence-electron chi connectivity index (χ1n) is 6.16. The van der Waals surface area contributed by atoms with E-state index < -0.39 is 0 Å². The van der Waals surface area contributed by atoms with Crippen molar-refractivity contribution in [2.24, 2.45) is 7.05 Å². The minimum absolute atomic E-state index is 0.0155. The van der Waals surface area contributed by atoms with Crippen molar-refractivity contribution in [2.45, 2.75) is 0 Å². The number of nitrogens with one attached hydrogen (secondary N) is 2. The molecule has 0 aromatic carbocycles. The molecule has 2 heterocycles. The zero-order valence-electron chi connectivity index (χ0n) is 10.8. The van der Waals surface area contributed by atoms with Crippen LogP contribution in [0.5, 0.6) is 0 Å². The van der Waals surface area contributed by atoms with Gasteiger partial charge in [-0.2, -0.15) is 0 Å². The number of carbonyl (C=O) groups is 2. The molecule has 0 spiro atoms. The molecule has 7 heteroatoms. The van der Waals surface area contributed by atoms with Crippen molar-refractivity contribution in [1.82, 2.24) is 20.1 Å². The number of piperazine rings is 1. The molecule has 0 atom stereocenters. The number of rotatable bonds is 3. The van der Waals surface area contributed by atoms with Crippen molar-refractivity contribution in [2.75, 3.05) is 32.7 Å². The smallest absolute Gasteiger partial charge is 0.268 e. The third-order valence-corrected chi connectivity index (χ3v) is 3.28. The number of carbonyl (C=O) groups excluding carboxylic acids is 2. The largest absolute Gasteiger partial charge is 0.345 e. The van der Waals surface area contributed by atoms with Crippen molar-refractivity contribution < 1.29 is 9.59 Å². The average molecular weight is 285 g/mol. The molecule has 0 unspecified atom stereocenters. The summed E-state index contributed by atoms with van der Waals surface area (Å²) in [7, 11) is 1.74. The van der Waals surface area contributed by atoms with E-state index in [0.29, 0.717) is 23.8 Å². The van der Waals surface area contributed by atoms with Gasteiger partial charge in [0.05, 0.1) is 11.6 Å². The van der Waals surface area contributed by atoms with E-state index in [0.717, 1.165) is 13.1 Å². The highest BCUT2D eigenvalue weighted by Crippen LogP contribution is 2.12. The zero-order valence-corrected chi connectivity index (χ0v) is 11.5. The van der Waals surface area contributed by atoms with E-state index in [-0.39, 0.29) is 18.4 Å². The van der Waals surface area contributed by atoms with E-state index in [1.807, 2.05) is 0 Å². The molecule has 1 aromatic heterocycles. The van der Waals surface area contributed by atoms with Gasteiger partial charge in [0.15, 0.2) is 0 Å². The maximum Gasteiger partial charge on any atom is 0.268 e. The second-order valence-corrected chi connectivity index (χ2v) is 4.90. The Labute approximate surface area is 116 Å². The Morgan fingerprint density at radius 3 is 2.68 bits per heavy atom. The third kappa shape index (κ3) is 3.48. The minimum atomic E-state index is -0.294. The molecule has 0 radical (unpaired) electrons. The van der Waals surface area contributed by atoms with Gasteiger partial charge in [0.2, 0.25) is 5.91 Å². The van der Waals surface area contributed by atoms with Crippen LogP contribution in [0.3, 0.4) is 0 Å². The van der Waals surface area contributed by atoms with Crippen LogP contribution in [0.25, 0.3) is 0 Å². The standard InChI is InChI=1S/C12H17ClN4O2/c1-16-8-9(13)6-10(16)12(19)15-7-11(18)17-4-2-14-3-5-17/h6,8,14H,2-5,7H2,1H3,(H,15,19). The minimum Gasteiger partial charge on any atom is -0.345 e. The van der Waals surface area contributed by atoms with Crippen LogP contribution in [0.4, 0.5) is 0 Å². The van der Waals surface area contributed by atoms with Gasteiger partial charge in [-0.05, 0) is 6.07 Å². The lowest BCUT2D eigenvalue weighted by molar-refractivity contribution is -0.130. The highest BCUT2D eigenvalue weighted by Gasteiger charge is 2.18. The molecule has 104 valence electrons. The van der Waals surface area contributed by atoms with Crippen LogP contribution in [0.15, 0.2) is 12.3 Å². The Bertz CT molecular complexity index is 480. The molecule has 0 aliphatic carbocycles. The first-order chi connectivity index (χ1) is 9.08. The Morgan fingerprint density at radius 2 is 2.11 bits per heavy atom. The molecule has 2 rings (SSSR count). The van der Waals surface area contributed by atoms with Crippen molar-refractivity contribution >= 4 is 23.4 Å². The fourth-order valence-corrected chi connectivity index (χ4v) is 2.27. The Balaban J connectivity index is 1.86. The second kappa shape index (κ2) is 6.08. The molecule has 0 bridgehead atoms. The van der Waals surface area contributed by atoms with E-state index in [2.05, 4.69) is 10.6 Å². The normalized spacial score (nSPS) is 15.4. The van der Waals surface area contributed by atoms with Crippen LogP contribution < -0.4 is 10.6 Å². The highest BCUT2D eigenvalue weighted by atomic mass is 35.5. The zero-order chi connectivity index (χ0) is 13.8. The molecule has 2 N–H and O–H groups in total. The summed E-state index contributed by atoms with van der Waals surface area (Å²) in [4.78, 5) is 25.5. The van der Waals surface area contributed by atoms with Crippen molar-refractivity contribution in [3.05, 3.63) is 23.0 Å². The number of halogens is 1. The number of nitrogens with zero attached hydrogens (tertiary/aromatic N) is 2. The summed E-state index contributed by atoms with van der Waals surface area (Å²) in [5.41, 5.74) is 0.443. The van der Waals surface area contributed by atoms with Crippen molar-refractivity contribution in [1.29, 1.82) is 0 Å². The van der Waals surface area contributed by atoms with Gasteiger partial charge < -0.3 is 20.1 Å². The fourth-order valence-electron chi connectivity index (χ4n) is 2.02. The van der Waals surface area contributed by atoms with E-state index in [1.54, 1.807) is 28.8 Å². The first-order valence-corrected chi connectivity index (χ1v) is 6.54. The number of aryl methyl sites for hydroxylation is 1. The molecular weight excluding hydrogens is 268 g/mol. The van der Waals surface area contributed by atoms with Crippen LogP contribution in [-0.2, 0) is 11.8 Å². The Hall–Kier alpha value is -1.53. The number of hydrogen-bond acceptors (Lipinski definition) is 3. The van der Waals surface area contributed by atoms with Crippen molar-refractivity contribution in [3.63, 3.8) is 0 Å². The van der Waals surface area contributed by atoms with Gasteiger partial charge in [-0.25, -0.2) is 0 Å². The van der Waals surface area contributed by atoms with Crippen LogP contribution in [0.2, 0.25) is 5.02 Å². The Morgan fingerprint density at radius 1 is 1.42 bits per heavy atom. The molecular formula is C12H17ClN4O2. The van der Waals surface area contributed by atoms with Gasteiger partial charge in [-0.1, -0.05) is 11.6 Å². The number of hydrogen-bond donors (Lipinski definition) is 2. The summed E-state index contributed by atoms with van der Waals surface area (Å²) in [5.74, 6) is -0.354. The number of amides is 2. The average Bonchev–Trinajstić information content (AvgIpc) is 2.75. The highest BCUT2D eigenvalue weighted by molar-refractivity contribution is 6.31. The summed E-state index contributed by atoms with van der Waals surface area (Å²) in [5, 5.41) is 6.29. The van der Waals surface area contributed by atoms with Gasteiger partial charge in [0.1, 0.15) is 5.69 Å². The molecule has 1 aliphatic rings. The summed E-state index contributed by atoms with van der Waals surface area (Å²) in [6.45, 7) is 2.98. The lowest BCUT2D eigenvalue weighted by atomic mass is 10.3. The van der Waals surface area contributed by atoms with Gasteiger partial charge in [0.25, 0.3) is 5.91 Å². The summed E-state index contributed by atoms with van der Waals surface area (Å²) >= 11 is 5.81. The topological polar surface area (TPSA) is 66.4 Å². The predicted octanol–water partition coefficient (Wildman–Crippen LogP) is -0.160. The van der Waals surface area contributed by atoms with Crippen LogP contribution >= 0.6 is 11.6 Å². The summed E-state index contributed by atoms with van der Waals surface area (Å²) in [6, 6.07) is 1.58. The van der Waals surface area contributed by atoms with Crippen molar-refractivity contribution in [3.8, 4) is 0 Å². The lowest BCUT2D eigenvalue weighted by Gasteiger charge is -2.27. The second-order valence-electron chi connectivity index (χ2n) is 4.47. The third-order valence-electron chi connectivity index (χ3n) is 3.07. The van der Waals surface area contributed by atoms with E-state index in [1.165, 1.54) is 0 Å². The summed E-state index contributed by atoms with van der Waals surface area (Å²) < 4.78 is 1.63. The van der Waals surface area contributed by atoms with Crippen LogP contribution in [0.1, 0.15) is 10.5 Å². The number of aromatic nitrogens is 1. The molecule has 1 aliphatic heterocycles. The molecule has 1 saturated heterocycles. The van der Waals surface area contributed by atoms with Gasteiger partial charge >= 0.3 is 0 Å². The van der Waals surface area contributed by atoms with Gasteiger partial charge in [-0.3, -0.25) is 9.59 Å². The van der Waals surface area contributed by atoms with E-state index in [9.17, 15) is 9.59 Å². The SMILES string of the molecule is Cn1cc(Cl)cc1C(=O)NCC(=O)N1CCNCC1. The predicted molar refractivity (Wildman–Crippen MR) is 72.2 cm³/mol. The maximum atomic E-state index is 11.9. The molecule has 0 saturated carbocycles. The monoisotopic (exact) mass is 284 g/mol. The molecule has 19 heavy (non-hydrogen) atoms. The quantitative estimate of drug-likeness (QED) is 0.811. The van der Waals surface area contributed by atoms with E-state index >= 15 is 0 Å². The lowest BCUT2D eigenvalue weighted by Crippen LogP contribution is -2.49. The molecule has 1 fully saturated rings. The molecule has 2 amide bonds. The summed E-state index contributed by atoms with van der Waals surface area (Å²) in [6.07, 6.45) is 1.65. The first kappa shape index (κ1) is 13.9. The van der Waals surface area contributed by atoms with Crippen LogP contribution in [0, 0.1) is 0 Å². The van der Waals surface area contributed by atoms with Gasteiger partial charge in [-0.15, -0.1) is 0 Å². The maximum absolute atomic E-state index is 11.9. The van der Waals surface area contributed by atoms with Gasteiger partial charge in [0, 0.05) is 39.4 Å². The fraction of sp³-hybridized carbons (Fsp3) is 0.500. The van der Waals surface area contributed by atoms with Crippen LogP contribution in [-0.4, -0.2) is 54.0 Å². The van der Waals surface area contributed by atoms with E-state index in [4.69, 9.17) is 11.6 Å². The molecule has 6 nitrogen and oxygen atoms in total. The molecule has 1 aromatic rings. The Kier molecular flexibility index (Phi) is 4.44.